The van der Waals surface area contributed by atoms with Crippen molar-refractivity contribution in [2.24, 2.45) is 0 Å². The summed E-state index contributed by atoms with van der Waals surface area (Å²) in [6, 6.07) is 9.19. The number of benzene rings is 1. The van der Waals surface area contributed by atoms with Crippen LogP contribution in [-0.4, -0.2) is 81.1 Å². The fourth-order valence-electron chi connectivity index (χ4n) is 5.80. The largest absolute Gasteiger partial charge is 0.331 e. The fraction of sp³-hybridized carbons (Fsp3) is 0.696. The van der Waals surface area contributed by atoms with E-state index >= 15 is 0 Å². The van der Waals surface area contributed by atoms with Crippen molar-refractivity contribution in [1.82, 2.24) is 19.4 Å². The van der Waals surface area contributed by atoms with E-state index in [0.717, 1.165) is 51.6 Å². The van der Waals surface area contributed by atoms with Crippen molar-refractivity contribution >= 4 is 16.1 Å². The van der Waals surface area contributed by atoms with E-state index in [1.54, 1.807) is 23.3 Å². The highest BCUT2D eigenvalue weighted by molar-refractivity contribution is 7.88. The maximum absolute atomic E-state index is 12.3. The van der Waals surface area contributed by atoms with Crippen LogP contribution in [0.1, 0.15) is 55.7 Å². The van der Waals surface area contributed by atoms with Crippen LogP contribution in [0.15, 0.2) is 24.3 Å². The number of likely N-dealkylation sites (tertiary alicyclic amines) is 1. The van der Waals surface area contributed by atoms with Gasteiger partial charge in [0, 0.05) is 33.2 Å². The minimum atomic E-state index is -3.07. The van der Waals surface area contributed by atoms with Crippen LogP contribution >= 0.6 is 0 Å². The highest BCUT2D eigenvalue weighted by Gasteiger charge is 2.43. The zero-order valence-corrected chi connectivity index (χ0v) is 19.8. The Labute approximate surface area is 186 Å². The molecule has 172 valence electrons. The average Bonchev–Trinajstić information content (AvgIpc) is 2.76. The molecule has 2 aliphatic heterocycles. The smallest absolute Gasteiger partial charge is 0.317 e. The number of urea groups is 1. The first-order valence-corrected chi connectivity index (χ1v) is 13.3. The quantitative estimate of drug-likeness (QED) is 0.771. The first-order valence-electron chi connectivity index (χ1n) is 11.5. The number of fused-ring (bicyclic) bond motifs is 2. The van der Waals surface area contributed by atoms with Crippen LogP contribution in [0.4, 0.5) is 4.79 Å². The Balaban J connectivity index is 1.43. The van der Waals surface area contributed by atoms with E-state index in [9.17, 15) is 13.2 Å². The Hall–Kier alpha value is -1.64. The van der Waals surface area contributed by atoms with E-state index in [1.165, 1.54) is 17.4 Å². The van der Waals surface area contributed by atoms with Crippen LogP contribution in [-0.2, 0) is 15.4 Å². The second-order valence-corrected chi connectivity index (χ2v) is 11.7. The third-order valence-electron chi connectivity index (χ3n) is 7.69. The van der Waals surface area contributed by atoms with Gasteiger partial charge in [0.1, 0.15) is 0 Å². The van der Waals surface area contributed by atoms with Gasteiger partial charge in [0.15, 0.2) is 0 Å². The summed E-state index contributed by atoms with van der Waals surface area (Å²) in [5, 5.41) is 3.20. The molecular formula is C23H36N4O3S. The van der Waals surface area contributed by atoms with Crippen molar-refractivity contribution in [2.45, 2.75) is 56.0 Å². The molecule has 2 fully saturated rings. The number of nitrogens with one attached hydrogen (secondary N) is 1. The molecule has 1 aliphatic carbocycles. The number of amides is 2. The second kappa shape index (κ2) is 8.71. The van der Waals surface area contributed by atoms with Crippen molar-refractivity contribution in [3.8, 4) is 0 Å². The molecule has 0 saturated carbocycles. The van der Waals surface area contributed by atoms with E-state index in [-0.39, 0.29) is 17.5 Å². The summed E-state index contributed by atoms with van der Waals surface area (Å²) in [7, 11) is 0.486. The molecule has 8 heteroatoms. The van der Waals surface area contributed by atoms with Crippen molar-refractivity contribution in [3.63, 3.8) is 0 Å². The third kappa shape index (κ3) is 4.61. The predicted octanol–water partition coefficient (Wildman–Crippen LogP) is 2.55. The summed E-state index contributed by atoms with van der Waals surface area (Å²) in [6.45, 7) is 3.40. The Kier molecular flexibility index (Phi) is 6.34. The van der Waals surface area contributed by atoms with Gasteiger partial charge in [-0.15, -0.1) is 0 Å². The molecule has 1 spiro atoms. The standard InChI is InChI=1S/C23H36N4O3S/c1-25(2)22(28)24-21-8-11-23(20-7-5-4-6-19(20)21)12-16-26(17-13-23)18-9-14-27(15-10-18)31(3,29)30/h4-7,18,21H,8-17H2,1-3H3,(H,24,28)/t21-/m1/s1. The van der Waals surface area contributed by atoms with Gasteiger partial charge < -0.3 is 15.1 Å². The Morgan fingerprint density at radius 1 is 1.03 bits per heavy atom. The van der Waals surface area contributed by atoms with Gasteiger partial charge in [-0.25, -0.2) is 17.5 Å². The molecule has 1 aromatic carbocycles. The lowest BCUT2D eigenvalue weighted by molar-refractivity contribution is 0.0762. The van der Waals surface area contributed by atoms with E-state index in [1.807, 2.05) is 0 Å². The number of rotatable bonds is 3. The van der Waals surface area contributed by atoms with Crippen LogP contribution in [0.3, 0.4) is 0 Å². The zero-order valence-electron chi connectivity index (χ0n) is 19.0. The summed E-state index contributed by atoms with van der Waals surface area (Å²) >= 11 is 0. The molecule has 7 nitrogen and oxygen atoms in total. The summed E-state index contributed by atoms with van der Waals surface area (Å²) in [5.41, 5.74) is 2.88. The molecule has 2 amide bonds. The normalized spacial score (nSPS) is 25.2. The molecule has 2 heterocycles. The third-order valence-corrected chi connectivity index (χ3v) is 8.99. The van der Waals surface area contributed by atoms with E-state index in [0.29, 0.717) is 19.1 Å². The summed E-state index contributed by atoms with van der Waals surface area (Å²) < 4.78 is 25.2. The summed E-state index contributed by atoms with van der Waals surface area (Å²) in [4.78, 5) is 16.4. The maximum atomic E-state index is 12.3. The molecule has 2 saturated heterocycles. The molecule has 0 radical (unpaired) electrons. The van der Waals surface area contributed by atoms with E-state index < -0.39 is 10.0 Å². The molecule has 0 unspecified atom stereocenters. The Morgan fingerprint density at radius 3 is 2.29 bits per heavy atom. The summed E-state index contributed by atoms with van der Waals surface area (Å²) in [6.07, 6.45) is 7.50. The molecule has 0 aromatic heterocycles. The van der Waals surface area contributed by atoms with Crippen LogP contribution in [0.5, 0.6) is 0 Å². The van der Waals surface area contributed by atoms with Gasteiger partial charge in [0.2, 0.25) is 10.0 Å². The van der Waals surface area contributed by atoms with Crippen LogP contribution in [0.25, 0.3) is 0 Å². The van der Waals surface area contributed by atoms with E-state index in [2.05, 4.69) is 34.5 Å². The first-order chi connectivity index (χ1) is 14.7. The molecule has 31 heavy (non-hydrogen) atoms. The number of carbonyl (C=O) groups excluding carboxylic acids is 1. The number of sulfonamides is 1. The highest BCUT2D eigenvalue weighted by atomic mass is 32.2. The first kappa shape index (κ1) is 22.6. The van der Waals surface area contributed by atoms with Crippen molar-refractivity contribution < 1.29 is 13.2 Å². The van der Waals surface area contributed by atoms with Crippen LogP contribution in [0.2, 0.25) is 0 Å². The van der Waals surface area contributed by atoms with Gasteiger partial charge in [-0.3, -0.25) is 0 Å². The van der Waals surface area contributed by atoms with E-state index in [4.69, 9.17) is 0 Å². The molecule has 1 atom stereocenters. The highest BCUT2D eigenvalue weighted by Crippen LogP contribution is 2.48. The average molecular weight is 449 g/mol. The number of piperidine rings is 2. The minimum Gasteiger partial charge on any atom is -0.331 e. The molecular weight excluding hydrogens is 412 g/mol. The van der Waals surface area contributed by atoms with Gasteiger partial charge in [-0.05, 0) is 68.2 Å². The lowest BCUT2D eigenvalue weighted by atomic mass is 9.63. The SMILES string of the molecule is CN(C)C(=O)N[C@@H]1CCC2(CCN(C3CCN(S(C)(=O)=O)CC3)CC2)c2ccccc21. The fourth-order valence-corrected chi connectivity index (χ4v) is 6.67. The lowest BCUT2D eigenvalue weighted by Gasteiger charge is -2.49. The zero-order chi connectivity index (χ0) is 22.2. The summed E-state index contributed by atoms with van der Waals surface area (Å²) in [5.74, 6) is 0. The van der Waals surface area contributed by atoms with Crippen molar-refractivity contribution in [1.29, 1.82) is 0 Å². The Bertz CT molecular complexity index is 901. The van der Waals surface area contributed by atoms with Gasteiger partial charge in [-0.1, -0.05) is 24.3 Å². The Morgan fingerprint density at radius 2 is 1.68 bits per heavy atom. The molecule has 3 aliphatic rings. The number of carbonyl (C=O) groups is 1. The lowest BCUT2D eigenvalue weighted by Crippen LogP contribution is -2.52. The van der Waals surface area contributed by atoms with Gasteiger partial charge in [0.25, 0.3) is 0 Å². The minimum absolute atomic E-state index is 0.0361. The molecule has 1 aromatic rings. The van der Waals surface area contributed by atoms with Crippen molar-refractivity contribution in [3.05, 3.63) is 35.4 Å². The van der Waals surface area contributed by atoms with Gasteiger partial charge in [0.05, 0.1) is 12.3 Å². The maximum Gasteiger partial charge on any atom is 0.317 e. The number of nitrogens with zero attached hydrogens (tertiary/aromatic N) is 3. The van der Waals surface area contributed by atoms with Crippen molar-refractivity contribution in [2.75, 3.05) is 46.5 Å². The van der Waals surface area contributed by atoms with Gasteiger partial charge >= 0.3 is 6.03 Å². The number of hydrogen-bond acceptors (Lipinski definition) is 4. The topological polar surface area (TPSA) is 73.0 Å². The van der Waals surface area contributed by atoms with Crippen LogP contribution < -0.4 is 5.32 Å². The van der Waals surface area contributed by atoms with Gasteiger partial charge in [-0.2, -0.15) is 0 Å². The monoisotopic (exact) mass is 448 g/mol. The molecule has 1 N–H and O–H groups in total. The van der Waals surface area contributed by atoms with Crippen LogP contribution in [0, 0.1) is 0 Å². The number of hydrogen-bond donors (Lipinski definition) is 1. The second-order valence-electron chi connectivity index (χ2n) is 9.73. The molecule has 4 rings (SSSR count). The molecule has 0 bridgehead atoms. The predicted molar refractivity (Wildman–Crippen MR) is 123 cm³/mol.